The third-order valence-electron chi connectivity index (χ3n) is 6.52. The van der Waals surface area contributed by atoms with Crippen molar-refractivity contribution in [1.29, 1.82) is 0 Å². The minimum absolute atomic E-state index is 0.135. The first-order chi connectivity index (χ1) is 16.4. The molecule has 3 heterocycles. The van der Waals surface area contributed by atoms with Crippen LogP contribution in [0, 0.1) is 5.82 Å². The van der Waals surface area contributed by atoms with Crippen molar-refractivity contribution >= 4 is 16.0 Å². The molecule has 1 aromatic carbocycles. The van der Waals surface area contributed by atoms with Crippen molar-refractivity contribution in [1.82, 2.24) is 18.8 Å². The number of likely N-dealkylation sites (N-methyl/N-ethyl adjacent to an activating group) is 1. The first-order valence-corrected chi connectivity index (χ1v) is 12.8. The fraction of sp³-hybridized carbons (Fsp3) is 0.545. The normalized spacial score (nSPS) is 18.6. The van der Waals surface area contributed by atoms with E-state index in [4.69, 9.17) is 14.9 Å². The van der Waals surface area contributed by atoms with E-state index in [1.54, 1.807) is 23.4 Å². The SMILES string of the molecule is CCN1CCn2c(-c3cccc(F)c3)cnc2C12CCN(S(=O)(=O)CC)CC2.O=C(O)C(F)(F)F. The van der Waals surface area contributed by atoms with Gasteiger partial charge in [-0.25, -0.2) is 26.9 Å². The van der Waals surface area contributed by atoms with Crippen molar-refractivity contribution in [3.63, 3.8) is 0 Å². The molecular formula is C22H28F4N4O4S. The number of fused-ring (bicyclic) bond motifs is 2. The number of aliphatic carboxylic acids is 1. The van der Waals surface area contributed by atoms with Gasteiger partial charge in [0.15, 0.2) is 0 Å². The zero-order valence-corrected chi connectivity index (χ0v) is 20.2. The number of hydrogen-bond donors (Lipinski definition) is 1. The van der Waals surface area contributed by atoms with E-state index in [-0.39, 0.29) is 17.1 Å². The van der Waals surface area contributed by atoms with Gasteiger partial charge in [0.1, 0.15) is 11.6 Å². The second-order valence-electron chi connectivity index (χ2n) is 8.34. The molecule has 0 saturated carbocycles. The molecule has 0 amide bonds. The van der Waals surface area contributed by atoms with Crippen LogP contribution in [0.15, 0.2) is 30.5 Å². The van der Waals surface area contributed by atoms with Crippen LogP contribution in [-0.4, -0.2) is 76.4 Å². The zero-order valence-electron chi connectivity index (χ0n) is 19.4. The van der Waals surface area contributed by atoms with E-state index in [0.29, 0.717) is 13.1 Å². The highest BCUT2D eigenvalue weighted by Gasteiger charge is 2.48. The maximum Gasteiger partial charge on any atom is 0.490 e. The van der Waals surface area contributed by atoms with E-state index >= 15 is 0 Å². The molecule has 35 heavy (non-hydrogen) atoms. The lowest BCUT2D eigenvalue weighted by atomic mass is 9.84. The first-order valence-electron chi connectivity index (χ1n) is 11.2. The number of alkyl halides is 3. The molecule has 4 rings (SSSR count). The van der Waals surface area contributed by atoms with Crippen molar-refractivity contribution in [2.45, 2.75) is 44.9 Å². The lowest BCUT2D eigenvalue weighted by molar-refractivity contribution is -0.192. The molecule has 0 unspecified atom stereocenters. The third-order valence-corrected chi connectivity index (χ3v) is 8.40. The Kier molecular flexibility index (Phi) is 7.92. The summed E-state index contributed by atoms with van der Waals surface area (Å²) in [4.78, 5) is 16.1. The van der Waals surface area contributed by atoms with E-state index in [0.717, 1.165) is 49.6 Å². The van der Waals surface area contributed by atoms with Crippen LogP contribution in [0.5, 0.6) is 0 Å². The third kappa shape index (κ3) is 5.51. The highest BCUT2D eigenvalue weighted by molar-refractivity contribution is 7.89. The number of aromatic nitrogens is 2. The number of nitrogens with zero attached hydrogens (tertiary/aromatic N) is 4. The molecule has 0 atom stereocenters. The van der Waals surface area contributed by atoms with E-state index in [1.165, 1.54) is 6.07 Å². The Balaban J connectivity index is 0.000000429. The molecular weight excluding hydrogens is 492 g/mol. The van der Waals surface area contributed by atoms with E-state index in [9.17, 15) is 26.0 Å². The lowest BCUT2D eigenvalue weighted by Gasteiger charge is -2.50. The van der Waals surface area contributed by atoms with Gasteiger partial charge in [0.2, 0.25) is 10.0 Å². The van der Waals surface area contributed by atoms with Crippen molar-refractivity contribution in [3.8, 4) is 11.3 Å². The maximum atomic E-state index is 13.7. The predicted molar refractivity (Wildman–Crippen MR) is 121 cm³/mol. The maximum absolute atomic E-state index is 13.7. The molecule has 2 aromatic rings. The van der Waals surface area contributed by atoms with Gasteiger partial charge >= 0.3 is 12.1 Å². The van der Waals surface area contributed by atoms with Crippen LogP contribution in [0.2, 0.25) is 0 Å². The van der Waals surface area contributed by atoms with Crippen LogP contribution in [0.3, 0.4) is 0 Å². The summed E-state index contributed by atoms with van der Waals surface area (Å²) in [6.07, 6.45) is -1.81. The molecule has 2 aliphatic heterocycles. The number of carbonyl (C=O) groups is 1. The van der Waals surface area contributed by atoms with Crippen LogP contribution < -0.4 is 0 Å². The van der Waals surface area contributed by atoms with E-state index in [2.05, 4.69) is 16.4 Å². The molecule has 1 aromatic heterocycles. The Hall–Kier alpha value is -2.51. The van der Waals surface area contributed by atoms with Crippen molar-refractivity contribution < 1.29 is 35.9 Å². The first kappa shape index (κ1) is 27.1. The van der Waals surface area contributed by atoms with Crippen LogP contribution in [0.1, 0.15) is 32.5 Å². The van der Waals surface area contributed by atoms with Crippen molar-refractivity contribution in [2.24, 2.45) is 0 Å². The zero-order chi connectivity index (χ0) is 26.0. The summed E-state index contributed by atoms with van der Waals surface area (Å²) < 4.78 is 73.9. The van der Waals surface area contributed by atoms with Crippen LogP contribution >= 0.6 is 0 Å². The average Bonchev–Trinajstić information content (AvgIpc) is 3.25. The van der Waals surface area contributed by atoms with Crippen LogP contribution in [0.4, 0.5) is 17.6 Å². The monoisotopic (exact) mass is 520 g/mol. The Morgan fingerprint density at radius 3 is 2.29 bits per heavy atom. The number of halogens is 4. The fourth-order valence-electron chi connectivity index (χ4n) is 4.75. The van der Waals surface area contributed by atoms with Gasteiger partial charge in [0.05, 0.1) is 23.2 Å². The molecule has 1 fully saturated rings. The summed E-state index contributed by atoms with van der Waals surface area (Å²) in [6, 6.07) is 6.61. The molecule has 1 spiro atoms. The van der Waals surface area contributed by atoms with Crippen LogP contribution in [-0.2, 0) is 26.9 Å². The Labute approximate surface area is 201 Å². The van der Waals surface area contributed by atoms with Gasteiger partial charge in [-0.2, -0.15) is 13.2 Å². The fourth-order valence-corrected chi connectivity index (χ4v) is 5.85. The molecule has 0 radical (unpaired) electrons. The quantitative estimate of drug-likeness (QED) is 0.622. The van der Waals surface area contributed by atoms with Gasteiger partial charge < -0.3 is 9.67 Å². The minimum Gasteiger partial charge on any atom is -0.475 e. The average molecular weight is 521 g/mol. The molecule has 2 aliphatic rings. The number of hydrogen-bond acceptors (Lipinski definition) is 5. The van der Waals surface area contributed by atoms with Gasteiger partial charge in [-0.1, -0.05) is 19.1 Å². The summed E-state index contributed by atoms with van der Waals surface area (Å²) in [5.74, 6) is -1.90. The number of carboxylic acid groups (broad SMARTS) is 1. The Morgan fingerprint density at radius 2 is 1.77 bits per heavy atom. The lowest BCUT2D eigenvalue weighted by Crippen LogP contribution is -2.58. The minimum atomic E-state index is -5.08. The second kappa shape index (κ2) is 10.2. The molecule has 8 nitrogen and oxygen atoms in total. The van der Waals surface area contributed by atoms with E-state index < -0.39 is 22.2 Å². The molecule has 194 valence electrons. The van der Waals surface area contributed by atoms with Gasteiger partial charge in [0.25, 0.3) is 0 Å². The van der Waals surface area contributed by atoms with Gasteiger partial charge in [-0.15, -0.1) is 0 Å². The smallest absolute Gasteiger partial charge is 0.475 e. The largest absolute Gasteiger partial charge is 0.490 e. The summed E-state index contributed by atoms with van der Waals surface area (Å²) in [5.41, 5.74) is 1.48. The number of sulfonamides is 1. The number of carboxylic acids is 1. The number of rotatable bonds is 4. The number of piperidine rings is 1. The van der Waals surface area contributed by atoms with Gasteiger partial charge in [-0.05, 0) is 38.4 Å². The Morgan fingerprint density at radius 1 is 1.14 bits per heavy atom. The molecule has 1 saturated heterocycles. The summed E-state index contributed by atoms with van der Waals surface area (Å²) in [6.45, 7) is 7.42. The molecule has 0 aliphatic carbocycles. The van der Waals surface area contributed by atoms with E-state index in [1.807, 2.05) is 12.3 Å². The van der Waals surface area contributed by atoms with Crippen molar-refractivity contribution in [2.75, 3.05) is 31.9 Å². The molecule has 0 bridgehead atoms. The Bertz CT molecular complexity index is 1160. The summed E-state index contributed by atoms with van der Waals surface area (Å²) in [7, 11) is -3.17. The van der Waals surface area contributed by atoms with Crippen molar-refractivity contribution in [3.05, 3.63) is 42.1 Å². The summed E-state index contributed by atoms with van der Waals surface area (Å²) in [5, 5.41) is 7.12. The van der Waals surface area contributed by atoms with Gasteiger partial charge in [0, 0.05) is 31.7 Å². The van der Waals surface area contributed by atoms with Gasteiger partial charge in [-0.3, -0.25) is 4.90 Å². The standard InChI is InChI=1S/C20H27FN4O2S.C2HF3O2/c1-3-23-12-13-25-18(16-6-5-7-17(21)14-16)15-22-19(25)20(23)8-10-24(11-9-20)28(26,27)4-2;3-2(4,5)1(6)7/h5-7,14-15H,3-4,8-13H2,1-2H3;(H,6,7). The molecule has 13 heteroatoms. The second-order valence-corrected chi connectivity index (χ2v) is 10.6. The topological polar surface area (TPSA) is 95.7 Å². The number of benzene rings is 1. The molecule has 1 N–H and O–H groups in total. The number of imidazole rings is 1. The summed E-state index contributed by atoms with van der Waals surface area (Å²) >= 11 is 0. The predicted octanol–water partition coefficient (Wildman–Crippen LogP) is 3.30. The van der Waals surface area contributed by atoms with Crippen LogP contribution in [0.25, 0.3) is 11.3 Å². The highest BCUT2D eigenvalue weighted by Crippen LogP contribution is 2.42. The highest BCUT2D eigenvalue weighted by atomic mass is 32.2.